The van der Waals surface area contributed by atoms with Crippen LogP contribution >= 0.6 is 0 Å². The number of carbonyl (C=O) groups excluding carboxylic acids is 1. The van der Waals surface area contributed by atoms with Gasteiger partial charge in [0, 0.05) is 11.5 Å². The predicted octanol–water partition coefficient (Wildman–Crippen LogP) is 14.2. The van der Waals surface area contributed by atoms with Crippen LogP contribution in [-0.2, 0) is 52.9 Å². The van der Waals surface area contributed by atoms with Gasteiger partial charge in [0.15, 0.2) is 12.6 Å². The summed E-state index contributed by atoms with van der Waals surface area (Å²) in [4.78, 5) is 14.4. The van der Waals surface area contributed by atoms with E-state index in [0.29, 0.717) is 25.6 Å². The third kappa shape index (κ3) is 17.7. The summed E-state index contributed by atoms with van der Waals surface area (Å²) in [5, 5.41) is 3.43. The quantitative estimate of drug-likeness (QED) is 0.0455. The molecule has 2 fully saturated rings. The molecule has 2 saturated heterocycles. The molecule has 9 atom stereocenters. The molecule has 7 rings (SSSR count). The first-order chi connectivity index (χ1) is 34.8. The van der Waals surface area contributed by atoms with Gasteiger partial charge in [0.1, 0.15) is 23.7 Å². The van der Waals surface area contributed by atoms with Crippen molar-refractivity contribution >= 4 is 5.91 Å². The average Bonchev–Trinajstić information content (AvgIpc) is 3.40. The molecule has 0 spiro atoms. The molecular weight excluding hydrogens is 887 g/mol. The van der Waals surface area contributed by atoms with E-state index in [0.717, 1.165) is 47.3 Å². The zero-order valence-corrected chi connectivity index (χ0v) is 43.0. The van der Waals surface area contributed by atoms with E-state index in [2.05, 4.69) is 57.3 Å². The highest BCUT2D eigenvalue weighted by Crippen LogP contribution is 2.40. The topological polar surface area (TPSA) is 93.7 Å². The van der Waals surface area contributed by atoms with Crippen molar-refractivity contribution < 1.29 is 38.0 Å². The molecule has 3 unspecified atom stereocenters. The SMILES string of the molecule is CCCCCCCCCCCCCC[C@@H](OCc1ccccc1)[C@@H](OCc1ccccc1)[C@H](CO[C@H]1OC2COC(c3ccccc3)O[C@@H]2[C@H](C)C1C)NC(=O)Cc1ccc(Oc2ccc(C)cc2)cc1. The molecule has 5 aromatic carbocycles. The second-order valence-electron chi connectivity index (χ2n) is 20.0. The van der Waals surface area contributed by atoms with Gasteiger partial charge in [-0.1, -0.05) is 219 Å². The first-order valence-corrected chi connectivity index (χ1v) is 26.9. The Balaban J connectivity index is 1.08. The lowest BCUT2D eigenvalue weighted by Gasteiger charge is -2.48. The predicted molar refractivity (Wildman–Crippen MR) is 282 cm³/mol. The van der Waals surface area contributed by atoms with Crippen LogP contribution in [0.4, 0.5) is 0 Å². The molecule has 1 amide bonds. The van der Waals surface area contributed by atoms with Crippen molar-refractivity contribution in [3.63, 3.8) is 0 Å². The van der Waals surface area contributed by atoms with Crippen molar-refractivity contribution in [3.8, 4) is 11.5 Å². The lowest BCUT2D eigenvalue weighted by Crippen LogP contribution is -2.57. The van der Waals surface area contributed by atoms with E-state index in [9.17, 15) is 4.79 Å². The van der Waals surface area contributed by atoms with Crippen LogP contribution in [0.3, 0.4) is 0 Å². The summed E-state index contributed by atoms with van der Waals surface area (Å²) in [5.74, 6) is 1.42. The molecule has 2 heterocycles. The van der Waals surface area contributed by atoms with Gasteiger partial charge >= 0.3 is 0 Å². The summed E-state index contributed by atoms with van der Waals surface area (Å²) in [5.41, 5.74) is 5.15. The van der Waals surface area contributed by atoms with Crippen molar-refractivity contribution in [2.45, 2.75) is 174 Å². The normalized spacial score (nSPS) is 21.2. The minimum atomic E-state index is -0.585. The Bertz CT molecular complexity index is 2210. The van der Waals surface area contributed by atoms with Crippen LogP contribution in [0.1, 0.15) is 138 Å². The second kappa shape index (κ2) is 29.6. The zero-order chi connectivity index (χ0) is 49.5. The monoisotopic (exact) mass is 968 g/mol. The maximum Gasteiger partial charge on any atom is 0.224 e. The van der Waals surface area contributed by atoms with Gasteiger partial charge in [-0.2, -0.15) is 0 Å². The number of ether oxygens (including phenoxy) is 7. The fraction of sp³-hybridized carbons (Fsp3) is 0.500. The number of fused-ring (bicyclic) bond motifs is 1. The fourth-order valence-corrected chi connectivity index (χ4v) is 9.78. The smallest absolute Gasteiger partial charge is 0.224 e. The Morgan fingerprint density at radius 2 is 1.17 bits per heavy atom. The number of benzene rings is 5. The number of rotatable bonds is 30. The Morgan fingerprint density at radius 1 is 0.620 bits per heavy atom. The molecule has 0 saturated carbocycles. The van der Waals surface area contributed by atoms with Crippen molar-refractivity contribution in [1.29, 1.82) is 0 Å². The zero-order valence-electron chi connectivity index (χ0n) is 43.0. The van der Waals surface area contributed by atoms with Crippen LogP contribution in [0.2, 0.25) is 0 Å². The number of amides is 1. The highest BCUT2D eigenvalue weighted by Gasteiger charge is 2.47. The molecule has 9 nitrogen and oxygen atoms in total. The summed E-state index contributed by atoms with van der Waals surface area (Å²) in [6.45, 7) is 9.98. The summed E-state index contributed by atoms with van der Waals surface area (Å²) in [7, 11) is 0. The van der Waals surface area contributed by atoms with Crippen molar-refractivity contribution in [3.05, 3.63) is 167 Å². The molecule has 0 radical (unpaired) electrons. The Morgan fingerprint density at radius 3 is 1.77 bits per heavy atom. The van der Waals surface area contributed by atoms with Crippen molar-refractivity contribution in [2.75, 3.05) is 13.2 Å². The lowest BCUT2D eigenvalue weighted by molar-refractivity contribution is -0.343. The van der Waals surface area contributed by atoms with E-state index < -0.39 is 24.7 Å². The van der Waals surface area contributed by atoms with Crippen LogP contribution in [0.25, 0.3) is 0 Å². The summed E-state index contributed by atoms with van der Waals surface area (Å²) in [6.07, 6.45) is 13.7. The van der Waals surface area contributed by atoms with E-state index in [1.807, 2.05) is 115 Å². The van der Waals surface area contributed by atoms with Gasteiger partial charge in [0.2, 0.25) is 5.91 Å². The molecule has 2 aliphatic heterocycles. The number of nitrogens with one attached hydrogen (secondary N) is 1. The molecule has 1 N–H and O–H groups in total. The molecule has 382 valence electrons. The van der Waals surface area contributed by atoms with Crippen LogP contribution in [0.5, 0.6) is 11.5 Å². The molecule has 5 aromatic rings. The molecule has 0 aliphatic carbocycles. The van der Waals surface area contributed by atoms with Crippen LogP contribution in [-0.4, -0.2) is 55.9 Å². The Labute approximate surface area is 425 Å². The molecule has 2 aliphatic rings. The lowest BCUT2D eigenvalue weighted by atomic mass is 9.84. The highest BCUT2D eigenvalue weighted by molar-refractivity contribution is 5.79. The first kappa shape index (κ1) is 53.9. The van der Waals surface area contributed by atoms with Gasteiger partial charge in [-0.3, -0.25) is 4.79 Å². The Kier molecular flexibility index (Phi) is 22.5. The van der Waals surface area contributed by atoms with E-state index in [1.165, 1.54) is 69.8 Å². The second-order valence-corrected chi connectivity index (χ2v) is 20.0. The van der Waals surface area contributed by atoms with Gasteiger partial charge in [0.05, 0.1) is 51.1 Å². The highest BCUT2D eigenvalue weighted by atomic mass is 16.7. The van der Waals surface area contributed by atoms with E-state index in [4.69, 9.17) is 33.2 Å². The van der Waals surface area contributed by atoms with Crippen LogP contribution in [0.15, 0.2) is 140 Å². The minimum absolute atomic E-state index is 0.0161. The number of carbonyl (C=O) groups is 1. The van der Waals surface area contributed by atoms with E-state index in [-0.39, 0.29) is 49.1 Å². The minimum Gasteiger partial charge on any atom is -0.457 e. The summed E-state index contributed by atoms with van der Waals surface area (Å²) < 4.78 is 46.5. The number of aryl methyl sites for hydroxylation is 1. The third-order valence-electron chi connectivity index (χ3n) is 14.2. The fourth-order valence-electron chi connectivity index (χ4n) is 9.78. The van der Waals surface area contributed by atoms with Crippen molar-refractivity contribution in [1.82, 2.24) is 5.32 Å². The molecule has 0 bridgehead atoms. The number of unbranched alkanes of at least 4 members (excludes halogenated alkanes) is 11. The van der Waals surface area contributed by atoms with Gasteiger partial charge in [-0.15, -0.1) is 0 Å². The van der Waals surface area contributed by atoms with Gasteiger partial charge in [-0.25, -0.2) is 0 Å². The Hall–Kier alpha value is -4.87. The van der Waals surface area contributed by atoms with E-state index >= 15 is 0 Å². The standard InChI is InChI=1S/C62H81NO8/c1-5-6-7-8-9-10-11-12-13-14-15-25-32-56(65-42-50-26-19-16-20-27-50)60(66-43-51-28-21-17-22-29-51)55(63-58(64)41-49-35-39-54(40-36-49)69-53-37-33-46(2)34-38-53)44-67-61-48(4)47(3)59-57(70-61)45-68-62(71-59)52-30-23-18-24-31-52/h16-24,26-31,33-40,47-48,55-57,59-62H,5-15,25,32,41-45H2,1-4H3,(H,63,64)/t47-,48?,55+,56-,57?,59-,60+,61+,62?/m1/s1. The third-order valence-corrected chi connectivity index (χ3v) is 14.2. The first-order valence-electron chi connectivity index (χ1n) is 26.9. The van der Waals surface area contributed by atoms with Gasteiger partial charge < -0.3 is 38.5 Å². The molecule has 9 heteroatoms. The average molecular weight is 968 g/mol. The maximum absolute atomic E-state index is 14.4. The number of hydrogen-bond acceptors (Lipinski definition) is 8. The maximum atomic E-state index is 14.4. The number of hydrogen-bond donors (Lipinski definition) is 1. The van der Waals surface area contributed by atoms with Gasteiger partial charge in [-0.05, 0) is 60.2 Å². The summed E-state index contributed by atoms with van der Waals surface area (Å²) in [6, 6.07) is 45.7. The molecular formula is C62H81NO8. The van der Waals surface area contributed by atoms with Crippen LogP contribution < -0.4 is 10.1 Å². The van der Waals surface area contributed by atoms with Crippen LogP contribution in [0, 0.1) is 18.8 Å². The molecule has 71 heavy (non-hydrogen) atoms. The summed E-state index contributed by atoms with van der Waals surface area (Å²) >= 11 is 0. The van der Waals surface area contributed by atoms with E-state index in [1.54, 1.807) is 0 Å². The van der Waals surface area contributed by atoms with Crippen molar-refractivity contribution in [2.24, 2.45) is 11.8 Å². The largest absolute Gasteiger partial charge is 0.457 e. The van der Waals surface area contributed by atoms with Gasteiger partial charge in [0.25, 0.3) is 0 Å². The molecule has 0 aromatic heterocycles.